The lowest BCUT2D eigenvalue weighted by molar-refractivity contribution is 0.524. The molecule has 0 aliphatic carbocycles. The third-order valence-corrected chi connectivity index (χ3v) is 3.22. The topological polar surface area (TPSA) is 17.0 Å². The maximum Gasteiger partial charge on any atom is 0.0483 e. The summed E-state index contributed by atoms with van der Waals surface area (Å²) in [5.74, 6) is 0.757. The first-order chi connectivity index (χ1) is 8.22. The molecule has 1 aromatic carbocycles. The molecule has 0 saturated heterocycles. The fraction of sp³-hybridized carbons (Fsp3) is 0.467. The molecule has 0 aliphatic rings. The molecule has 0 spiro atoms. The molecule has 1 heterocycles. The molecule has 0 amide bonds. The Morgan fingerprint density at radius 3 is 2.76 bits per heavy atom. The zero-order chi connectivity index (χ0) is 12.3. The van der Waals surface area contributed by atoms with E-state index in [1.54, 1.807) is 0 Å². The first-order valence-corrected chi connectivity index (χ1v) is 6.43. The van der Waals surface area contributed by atoms with Crippen molar-refractivity contribution in [2.24, 2.45) is 5.92 Å². The average Bonchev–Trinajstić information content (AvgIpc) is 2.71. The SMILES string of the molecule is CNCc1cccc2c1ccn2CCC(C)C. The first kappa shape index (κ1) is 12.2. The highest BCUT2D eigenvalue weighted by Crippen LogP contribution is 2.21. The maximum absolute atomic E-state index is 3.23. The molecule has 17 heavy (non-hydrogen) atoms. The summed E-state index contributed by atoms with van der Waals surface area (Å²) in [5, 5.41) is 4.61. The lowest BCUT2D eigenvalue weighted by atomic mass is 10.1. The Hall–Kier alpha value is -1.28. The molecule has 1 aromatic heterocycles. The fourth-order valence-corrected chi connectivity index (χ4v) is 2.22. The summed E-state index contributed by atoms with van der Waals surface area (Å²) in [4.78, 5) is 0. The van der Waals surface area contributed by atoms with Crippen molar-refractivity contribution in [1.82, 2.24) is 9.88 Å². The summed E-state index contributed by atoms with van der Waals surface area (Å²) in [6.45, 7) is 6.60. The highest BCUT2D eigenvalue weighted by atomic mass is 14.9. The number of hydrogen-bond donors (Lipinski definition) is 1. The van der Waals surface area contributed by atoms with Crippen molar-refractivity contribution in [3.8, 4) is 0 Å². The molecule has 2 aromatic rings. The number of rotatable bonds is 5. The summed E-state index contributed by atoms with van der Waals surface area (Å²) >= 11 is 0. The number of nitrogens with zero attached hydrogens (tertiary/aromatic N) is 1. The van der Waals surface area contributed by atoms with Gasteiger partial charge >= 0.3 is 0 Å². The molecule has 0 saturated carbocycles. The molecule has 0 aliphatic heterocycles. The first-order valence-electron chi connectivity index (χ1n) is 6.43. The highest BCUT2D eigenvalue weighted by molar-refractivity contribution is 5.83. The van der Waals surface area contributed by atoms with Gasteiger partial charge < -0.3 is 9.88 Å². The Balaban J connectivity index is 2.30. The summed E-state index contributed by atoms with van der Waals surface area (Å²) in [6.07, 6.45) is 3.45. The minimum atomic E-state index is 0.757. The minimum Gasteiger partial charge on any atom is -0.347 e. The van der Waals surface area contributed by atoms with E-state index in [1.165, 1.54) is 22.9 Å². The summed E-state index contributed by atoms with van der Waals surface area (Å²) < 4.78 is 2.37. The number of fused-ring (bicyclic) bond motifs is 1. The van der Waals surface area contributed by atoms with Gasteiger partial charge in [0.05, 0.1) is 0 Å². The van der Waals surface area contributed by atoms with Gasteiger partial charge in [-0.25, -0.2) is 0 Å². The van der Waals surface area contributed by atoms with Crippen LogP contribution in [0.1, 0.15) is 25.8 Å². The van der Waals surface area contributed by atoms with Gasteiger partial charge in [-0.1, -0.05) is 26.0 Å². The van der Waals surface area contributed by atoms with Gasteiger partial charge in [0.2, 0.25) is 0 Å². The van der Waals surface area contributed by atoms with E-state index >= 15 is 0 Å². The molecule has 0 atom stereocenters. The van der Waals surface area contributed by atoms with Gasteiger partial charge in [-0.3, -0.25) is 0 Å². The largest absolute Gasteiger partial charge is 0.347 e. The van der Waals surface area contributed by atoms with Crippen LogP contribution in [0.25, 0.3) is 10.9 Å². The van der Waals surface area contributed by atoms with Crippen molar-refractivity contribution in [3.63, 3.8) is 0 Å². The Bertz CT molecular complexity index is 483. The van der Waals surface area contributed by atoms with Crippen LogP contribution in [-0.4, -0.2) is 11.6 Å². The van der Waals surface area contributed by atoms with E-state index in [-0.39, 0.29) is 0 Å². The second kappa shape index (κ2) is 5.37. The van der Waals surface area contributed by atoms with E-state index in [0.29, 0.717) is 0 Å². The van der Waals surface area contributed by atoms with E-state index in [9.17, 15) is 0 Å². The maximum atomic E-state index is 3.23. The van der Waals surface area contributed by atoms with E-state index in [2.05, 4.69) is 54.2 Å². The second-order valence-electron chi connectivity index (χ2n) is 5.07. The van der Waals surface area contributed by atoms with Gasteiger partial charge in [-0.05, 0) is 37.1 Å². The zero-order valence-corrected chi connectivity index (χ0v) is 11.0. The predicted molar refractivity (Wildman–Crippen MR) is 74.2 cm³/mol. The number of aromatic nitrogens is 1. The minimum absolute atomic E-state index is 0.757. The summed E-state index contributed by atoms with van der Waals surface area (Å²) in [6, 6.07) is 8.81. The van der Waals surface area contributed by atoms with Crippen LogP contribution in [-0.2, 0) is 13.1 Å². The quantitative estimate of drug-likeness (QED) is 0.833. The van der Waals surface area contributed by atoms with E-state index in [4.69, 9.17) is 0 Å². The Morgan fingerprint density at radius 2 is 2.06 bits per heavy atom. The molecule has 2 heteroatoms. The third kappa shape index (κ3) is 2.70. The van der Waals surface area contributed by atoms with Crippen molar-refractivity contribution >= 4 is 10.9 Å². The zero-order valence-electron chi connectivity index (χ0n) is 11.0. The van der Waals surface area contributed by atoms with Crippen molar-refractivity contribution in [3.05, 3.63) is 36.0 Å². The molecular formula is C15H22N2. The molecular weight excluding hydrogens is 208 g/mol. The van der Waals surface area contributed by atoms with Crippen molar-refractivity contribution in [2.75, 3.05) is 7.05 Å². The number of benzene rings is 1. The Labute approximate surface area is 104 Å². The van der Waals surface area contributed by atoms with Gasteiger partial charge in [-0.2, -0.15) is 0 Å². The van der Waals surface area contributed by atoms with Crippen LogP contribution in [0.5, 0.6) is 0 Å². The van der Waals surface area contributed by atoms with Crippen LogP contribution in [0.4, 0.5) is 0 Å². The van der Waals surface area contributed by atoms with Crippen LogP contribution in [0, 0.1) is 5.92 Å². The molecule has 1 N–H and O–H groups in total. The van der Waals surface area contributed by atoms with Gasteiger partial charge in [0.1, 0.15) is 0 Å². The number of aryl methyl sites for hydroxylation is 1. The average molecular weight is 230 g/mol. The highest BCUT2D eigenvalue weighted by Gasteiger charge is 2.05. The van der Waals surface area contributed by atoms with Crippen molar-refractivity contribution in [1.29, 1.82) is 0 Å². The third-order valence-electron chi connectivity index (χ3n) is 3.22. The van der Waals surface area contributed by atoms with Gasteiger partial charge in [-0.15, -0.1) is 0 Å². The lowest BCUT2D eigenvalue weighted by Crippen LogP contribution is -2.05. The van der Waals surface area contributed by atoms with Crippen molar-refractivity contribution in [2.45, 2.75) is 33.4 Å². The lowest BCUT2D eigenvalue weighted by Gasteiger charge is -2.08. The monoisotopic (exact) mass is 230 g/mol. The molecule has 2 nitrogen and oxygen atoms in total. The normalized spacial score (nSPS) is 11.5. The van der Waals surface area contributed by atoms with Gasteiger partial charge in [0.15, 0.2) is 0 Å². The van der Waals surface area contributed by atoms with Crippen LogP contribution in [0.15, 0.2) is 30.5 Å². The van der Waals surface area contributed by atoms with Crippen LogP contribution in [0.2, 0.25) is 0 Å². The number of nitrogens with one attached hydrogen (secondary N) is 1. The number of hydrogen-bond acceptors (Lipinski definition) is 1. The fourth-order valence-electron chi connectivity index (χ4n) is 2.22. The van der Waals surface area contributed by atoms with E-state index in [0.717, 1.165) is 19.0 Å². The Morgan fingerprint density at radius 1 is 1.24 bits per heavy atom. The second-order valence-corrected chi connectivity index (χ2v) is 5.07. The van der Waals surface area contributed by atoms with E-state index < -0.39 is 0 Å². The van der Waals surface area contributed by atoms with Gasteiger partial charge in [0.25, 0.3) is 0 Å². The Kier molecular flexibility index (Phi) is 3.85. The molecule has 0 fully saturated rings. The molecule has 2 rings (SSSR count). The van der Waals surface area contributed by atoms with Crippen LogP contribution < -0.4 is 5.32 Å². The van der Waals surface area contributed by atoms with Crippen molar-refractivity contribution < 1.29 is 0 Å². The van der Waals surface area contributed by atoms with Gasteiger partial charge in [0, 0.05) is 30.2 Å². The standard InChI is InChI=1S/C15H22N2/c1-12(2)7-9-17-10-8-14-13(11-16-3)5-4-6-15(14)17/h4-6,8,10,12,16H,7,9,11H2,1-3H3. The summed E-state index contributed by atoms with van der Waals surface area (Å²) in [5.41, 5.74) is 2.74. The molecule has 92 valence electrons. The van der Waals surface area contributed by atoms with Crippen LogP contribution in [0.3, 0.4) is 0 Å². The smallest absolute Gasteiger partial charge is 0.0483 e. The predicted octanol–water partition coefficient (Wildman–Crippen LogP) is 3.41. The van der Waals surface area contributed by atoms with E-state index in [1.807, 2.05) is 7.05 Å². The molecule has 0 bridgehead atoms. The molecule has 0 radical (unpaired) electrons. The molecule has 0 unspecified atom stereocenters. The summed E-state index contributed by atoms with van der Waals surface area (Å²) in [7, 11) is 1.99. The van der Waals surface area contributed by atoms with Crippen LogP contribution >= 0.6 is 0 Å².